The van der Waals surface area contributed by atoms with Gasteiger partial charge in [0.1, 0.15) is 31.3 Å². The number of hydrogen-bond acceptors (Lipinski definition) is 11. The zero-order valence-corrected chi connectivity index (χ0v) is 43.0. The van der Waals surface area contributed by atoms with Crippen LogP contribution in [0.3, 0.4) is 0 Å². The van der Waals surface area contributed by atoms with Gasteiger partial charge in [-0.25, -0.2) is 9.59 Å². The standard InChI is InChI=1S/C17H25NO3.C13H19NO2.C10H19NO3.C7H8O3S.C4H8O2/c1-12(2)10-15(18-16(19)13(3)4)17(20)21-11-14-8-6-5-7-9-14;1-10(2)8-12(14)13(15)16-9-11-6-4-3-5-7-11;1-6(2)5-8(10(13)14)11-9(12)7(3)4;1-6-2-4-7(5-3-6)11(8,9)10;1-3(2)4(5)6/h5-9,12-13,15H,10-11H2,1-4H3,(H,18,19);3-7,10,12H,8-9,14H2,1-2H3;6-8H,5H2,1-4H3,(H,11,12)(H,13,14);2-5H,1H3,(H,8,9,10);3H,1-2H3,(H,5,6)/t15-;12-;8-;;/m000../s1. The fraction of sp³-hybridized carbons (Fsp3) is 0.529. The van der Waals surface area contributed by atoms with E-state index >= 15 is 0 Å². The molecule has 0 spiro atoms. The first-order chi connectivity index (χ1) is 31.5. The number of hydrogen-bond donors (Lipinski definition) is 6. The Labute approximate surface area is 404 Å². The first-order valence-corrected chi connectivity index (χ1v) is 24.2. The minimum atomic E-state index is -4.02. The van der Waals surface area contributed by atoms with Gasteiger partial charge in [0, 0.05) is 11.8 Å². The summed E-state index contributed by atoms with van der Waals surface area (Å²) in [5.74, 6) is -2.35. The molecule has 0 unspecified atom stereocenters. The number of carbonyl (C=O) groups excluding carboxylic acids is 4. The molecule has 0 aliphatic heterocycles. The van der Waals surface area contributed by atoms with Gasteiger partial charge >= 0.3 is 23.9 Å². The molecule has 0 aromatic heterocycles. The van der Waals surface area contributed by atoms with Gasteiger partial charge in [-0.1, -0.05) is 161 Å². The minimum Gasteiger partial charge on any atom is -0.481 e. The number of nitrogens with one attached hydrogen (secondary N) is 2. The lowest BCUT2D eigenvalue weighted by Gasteiger charge is -2.20. The van der Waals surface area contributed by atoms with Crippen molar-refractivity contribution in [1.82, 2.24) is 10.6 Å². The fourth-order valence-electron chi connectivity index (χ4n) is 5.03. The predicted octanol–water partition coefficient (Wildman–Crippen LogP) is 8.25. The maximum absolute atomic E-state index is 12.2. The molecule has 17 heteroatoms. The molecule has 3 aromatic rings. The van der Waals surface area contributed by atoms with Crippen LogP contribution in [0, 0.1) is 42.4 Å². The molecule has 16 nitrogen and oxygen atoms in total. The van der Waals surface area contributed by atoms with Crippen molar-refractivity contribution in [2.75, 3.05) is 0 Å². The number of aryl methyl sites for hydroxylation is 1. The maximum atomic E-state index is 12.2. The van der Waals surface area contributed by atoms with E-state index in [-0.39, 0.29) is 58.9 Å². The number of amides is 2. The predicted molar refractivity (Wildman–Crippen MR) is 263 cm³/mol. The van der Waals surface area contributed by atoms with Crippen LogP contribution in [-0.4, -0.2) is 77.0 Å². The Balaban J connectivity index is 0. The summed E-state index contributed by atoms with van der Waals surface area (Å²) in [5.41, 5.74) is 8.58. The first kappa shape index (κ1) is 64.4. The van der Waals surface area contributed by atoms with E-state index in [9.17, 15) is 37.2 Å². The molecule has 0 bridgehead atoms. The molecule has 3 atom stereocenters. The van der Waals surface area contributed by atoms with Crippen molar-refractivity contribution in [3.63, 3.8) is 0 Å². The normalized spacial score (nSPS) is 12.1. The van der Waals surface area contributed by atoms with E-state index in [1.165, 1.54) is 12.1 Å². The third-order valence-corrected chi connectivity index (χ3v) is 9.84. The van der Waals surface area contributed by atoms with Crippen LogP contribution in [0.4, 0.5) is 0 Å². The van der Waals surface area contributed by atoms with Crippen molar-refractivity contribution < 1.29 is 61.4 Å². The quantitative estimate of drug-likeness (QED) is 0.0488. The molecule has 0 fully saturated rings. The molecule has 0 aliphatic rings. The minimum absolute atomic E-state index is 0.0666. The zero-order valence-electron chi connectivity index (χ0n) is 42.2. The van der Waals surface area contributed by atoms with E-state index in [1.807, 2.05) is 109 Å². The maximum Gasteiger partial charge on any atom is 0.328 e. The molecule has 2 amide bonds. The second-order valence-corrected chi connectivity index (χ2v) is 19.7. The molecule has 0 saturated carbocycles. The summed E-state index contributed by atoms with van der Waals surface area (Å²) in [4.78, 5) is 67.1. The number of nitrogens with two attached hydrogens (primary N) is 1. The Morgan fingerprint density at radius 1 is 0.529 bits per heavy atom. The van der Waals surface area contributed by atoms with Crippen molar-refractivity contribution in [3.05, 3.63) is 102 Å². The second-order valence-electron chi connectivity index (χ2n) is 18.2. The molecule has 382 valence electrons. The molecule has 0 saturated heterocycles. The van der Waals surface area contributed by atoms with Crippen LogP contribution in [-0.2, 0) is 61.6 Å². The molecule has 0 radical (unpaired) electrons. The van der Waals surface area contributed by atoms with Gasteiger partial charge in [0.25, 0.3) is 10.1 Å². The molecule has 7 N–H and O–H groups in total. The molecule has 0 aliphatic carbocycles. The lowest BCUT2D eigenvalue weighted by atomic mass is 10.0. The van der Waals surface area contributed by atoms with E-state index in [4.69, 9.17) is 30.0 Å². The molecule has 0 heterocycles. The number of esters is 2. The molecular formula is C51H79N3O13S. The Morgan fingerprint density at radius 2 is 0.882 bits per heavy atom. The summed E-state index contributed by atoms with van der Waals surface area (Å²) in [6, 6.07) is 23.2. The van der Waals surface area contributed by atoms with E-state index in [1.54, 1.807) is 53.7 Å². The monoisotopic (exact) mass is 974 g/mol. The topological polar surface area (TPSA) is 266 Å². The number of benzene rings is 3. The van der Waals surface area contributed by atoms with Gasteiger partial charge in [-0.2, -0.15) is 8.42 Å². The lowest BCUT2D eigenvalue weighted by Crippen LogP contribution is -2.44. The smallest absolute Gasteiger partial charge is 0.328 e. The Morgan fingerprint density at radius 3 is 1.21 bits per heavy atom. The van der Waals surface area contributed by atoms with Gasteiger partial charge < -0.3 is 36.1 Å². The number of rotatable bonds is 19. The Kier molecular flexibility index (Phi) is 32.8. The van der Waals surface area contributed by atoms with Gasteiger partial charge in [0.05, 0.1) is 10.8 Å². The molecule has 3 aromatic carbocycles. The summed E-state index contributed by atoms with van der Waals surface area (Å²) in [6.45, 7) is 24.7. The molecular weight excluding hydrogens is 895 g/mol. The van der Waals surface area contributed by atoms with Crippen molar-refractivity contribution in [3.8, 4) is 0 Å². The average molecular weight is 974 g/mol. The van der Waals surface area contributed by atoms with E-state index in [0.29, 0.717) is 37.7 Å². The third kappa shape index (κ3) is 32.9. The number of carboxylic acids is 2. The highest BCUT2D eigenvalue weighted by Crippen LogP contribution is 2.12. The number of ether oxygens (including phenoxy) is 2. The van der Waals surface area contributed by atoms with Crippen molar-refractivity contribution in [2.45, 2.75) is 146 Å². The first-order valence-electron chi connectivity index (χ1n) is 22.7. The van der Waals surface area contributed by atoms with Crippen molar-refractivity contribution in [1.29, 1.82) is 0 Å². The van der Waals surface area contributed by atoms with Crippen LogP contribution in [0.2, 0.25) is 0 Å². The van der Waals surface area contributed by atoms with Gasteiger partial charge in [-0.05, 0) is 67.2 Å². The summed E-state index contributed by atoms with van der Waals surface area (Å²) < 4.78 is 40.0. The highest BCUT2D eigenvalue weighted by Gasteiger charge is 2.25. The van der Waals surface area contributed by atoms with Crippen LogP contribution >= 0.6 is 0 Å². The van der Waals surface area contributed by atoms with Crippen LogP contribution in [0.15, 0.2) is 89.8 Å². The summed E-state index contributed by atoms with van der Waals surface area (Å²) in [6.07, 6.45) is 1.70. The van der Waals surface area contributed by atoms with E-state index < -0.39 is 40.2 Å². The highest BCUT2D eigenvalue weighted by molar-refractivity contribution is 7.85. The van der Waals surface area contributed by atoms with E-state index in [2.05, 4.69) is 10.6 Å². The Bertz CT molecular complexity index is 2020. The van der Waals surface area contributed by atoms with Gasteiger partial charge in [-0.15, -0.1) is 0 Å². The third-order valence-electron chi connectivity index (χ3n) is 8.97. The summed E-state index contributed by atoms with van der Waals surface area (Å²) in [5, 5.41) is 22.1. The van der Waals surface area contributed by atoms with Crippen LogP contribution in [0.25, 0.3) is 0 Å². The zero-order chi connectivity index (χ0) is 52.7. The largest absolute Gasteiger partial charge is 0.481 e. The van der Waals surface area contributed by atoms with Gasteiger partial charge in [0.2, 0.25) is 11.8 Å². The Hall–Kier alpha value is -5.65. The summed E-state index contributed by atoms with van der Waals surface area (Å²) in [7, 11) is -4.02. The van der Waals surface area contributed by atoms with Crippen molar-refractivity contribution >= 4 is 45.8 Å². The molecule has 68 heavy (non-hydrogen) atoms. The molecule has 3 rings (SSSR count). The highest BCUT2D eigenvalue weighted by atomic mass is 32.2. The van der Waals surface area contributed by atoms with Gasteiger partial charge in [-0.3, -0.25) is 23.7 Å². The summed E-state index contributed by atoms with van der Waals surface area (Å²) >= 11 is 0. The number of carbonyl (C=O) groups is 6. The van der Waals surface area contributed by atoms with Crippen LogP contribution < -0.4 is 16.4 Å². The van der Waals surface area contributed by atoms with E-state index in [0.717, 1.165) is 16.7 Å². The van der Waals surface area contributed by atoms with Crippen LogP contribution in [0.5, 0.6) is 0 Å². The SMILES string of the molecule is CC(C)C(=O)O.CC(C)C[C@H](N)C(=O)OCc1ccccc1.CC(C)C[C@H](NC(=O)C(C)C)C(=O)O.CC(C)C[C@H](NC(=O)C(C)C)C(=O)OCc1ccccc1.Cc1ccc(S(=O)(=O)O)cc1. The fourth-order valence-corrected chi connectivity index (χ4v) is 5.51. The number of aliphatic carboxylic acids is 2. The number of carboxylic acid groups (broad SMARTS) is 2. The van der Waals surface area contributed by atoms with Crippen molar-refractivity contribution in [2.24, 2.45) is 41.2 Å². The van der Waals surface area contributed by atoms with Crippen LogP contribution in [0.1, 0.15) is 119 Å². The lowest BCUT2D eigenvalue weighted by molar-refractivity contribution is -0.150. The second kappa shape index (κ2) is 34.6. The van der Waals surface area contributed by atoms with Gasteiger partial charge in [0.15, 0.2) is 0 Å². The average Bonchev–Trinajstić information content (AvgIpc) is 3.25.